The van der Waals surface area contributed by atoms with Gasteiger partial charge >= 0.3 is 0 Å². The second-order valence-corrected chi connectivity index (χ2v) is 6.00. The molecular weight excluding hydrogens is 316 g/mol. The topological polar surface area (TPSA) is 69.6 Å². The zero-order valence-corrected chi connectivity index (χ0v) is 15.5. The van der Waals surface area contributed by atoms with Crippen LogP contribution >= 0.6 is 0 Å². The van der Waals surface area contributed by atoms with Crippen molar-refractivity contribution in [2.75, 3.05) is 18.0 Å². The average molecular weight is 344 g/mol. The first-order valence-electron chi connectivity index (χ1n) is 8.62. The van der Waals surface area contributed by atoms with Crippen LogP contribution in [0.1, 0.15) is 44.5 Å². The molecule has 136 valence electrons. The van der Waals surface area contributed by atoms with Crippen LogP contribution in [0.4, 0.5) is 5.69 Å². The van der Waals surface area contributed by atoms with Crippen molar-refractivity contribution in [1.82, 2.24) is 5.48 Å². The summed E-state index contributed by atoms with van der Waals surface area (Å²) in [5.41, 5.74) is 4.10. The number of Topliss-reactive ketones (excluding diaryl/α,β-unsaturated/α-hetero) is 1. The number of carbonyl (C=O) groups excluding carboxylic acids is 2. The molecular formula is C20H28N2O3. The summed E-state index contributed by atoms with van der Waals surface area (Å²) in [5, 5.41) is 8.45. The Bertz CT molecular complexity index is 633. The average Bonchev–Trinajstić information content (AvgIpc) is 2.63. The second-order valence-electron chi connectivity index (χ2n) is 6.00. The molecule has 1 unspecified atom stereocenters. The van der Waals surface area contributed by atoms with Gasteiger partial charge in [-0.15, -0.1) is 0 Å². The smallest absolute Gasteiger partial charge is 0.267 e. The molecule has 0 saturated heterocycles. The minimum absolute atomic E-state index is 0.0319. The van der Waals surface area contributed by atoms with Crippen LogP contribution < -0.4 is 10.4 Å². The number of benzene rings is 1. The highest BCUT2D eigenvalue weighted by atomic mass is 16.5. The molecule has 25 heavy (non-hydrogen) atoms. The predicted octanol–water partition coefficient (Wildman–Crippen LogP) is 3.75. The number of amides is 1. The van der Waals surface area contributed by atoms with Gasteiger partial charge in [-0.05, 0) is 44.5 Å². The Morgan fingerprint density at radius 1 is 1.20 bits per heavy atom. The van der Waals surface area contributed by atoms with Gasteiger partial charge in [-0.1, -0.05) is 31.6 Å². The van der Waals surface area contributed by atoms with E-state index in [4.69, 9.17) is 5.21 Å². The van der Waals surface area contributed by atoms with Crippen molar-refractivity contribution < 1.29 is 14.8 Å². The van der Waals surface area contributed by atoms with Gasteiger partial charge < -0.3 is 4.90 Å². The monoisotopic (exact) mass is 344 g/mol. The number of nitrogens with zero attached hydrogens (tertiary/aromatic N) is 1. The number of hydrogen-bond acceptors (Lipinski definition) is 4. The van der Waals surface area contributed by atoms with E-state index < -0.39 is 5.91 Å². The lowest BCUT2D eigenvalue weighted by Crippen LogP contribution is -2.23. The number of rotatable bonds is 9. The Hall–Kier alpha value is -2.40. The van der Waals surface area contributed by atoms with Crippen molar-refractivity contribution in [2.45, 2.75) is 34.1 Å². The lowest BCUT2D eigenvalue weighted by atomic mass is 9.97. The standard InChI is InChI=1S/C20H28N2O3/c1-5-13-22(6-2)18-10-8-17(9-11-18)20(24)16(4)14-15(3)7-12-19(23)21-25/h7-12,14,16,25H,5-6,13H2,1-4H3,(H,21,23)/b12-7+,15-14+. The van der Waals surface area contributed by atoms with Gasteiger partial charge in [0.25, 0.3) is 5.91 Å². The molecule has 1 rings (SSSR count). The Morgan fingerprint density at radius 3 is 2.36 bits per heavy atom. The van der Waals surface area contributed by atoms with Crippen LogP contribution in [0, 0.1) is 5.92 Å². The molecule has 1 atom stereocenters. The van der Waals surface area contributed by atoms with Crippen LogP contribution in [0.2, 0.25) is 0 Å². The molecule has 1 amide bonds. The SMILES string of the molecule is CCCN(CC)c1ccc(C(=O)C(C)/C=C(C)/C=C/C(=O)NO)cc1. The number of allylic oxidation sites excluding steroid dienone is 3. The van der Waals surface area contributed by atoms with Crippen molar-refractivity contribution in [3.05, 3.63) is 53.6 Å². The van der Waals surface area contributed by atoms with E-state index in [0.29, 0.717) is 5.56 Å². The first-order valence-corrected chi connectivity index (χ1v) is 8.62. The van der Waals surface area contributed by atoms with Crippen LogP contribution in [0.5, 0.6) is 0 Å². The molecule has 0 spiro atoms. The number of ketones is 1. The minimum atomic E-state index is -0.602. The van der Waals surface area contributed by atoms with Gasteiger partial charge in [0.1, 0.15) is 0 Å². The summed E-state index contributed by atoms with van der Waals surface area (Å²) in [5.74, 6) is -0.870. The summed E-state index contributed by atoms with van der Waals surface area (Å²) in [6.07, 6.45) is 5.65. The van der Waals surface area contributed by atoms with Crippen LogP contribution in [-0.2, 0) is 4.79 Å². The zero-order chi connectivity index (χ0) is 18.8. The lowest BCUT2D eigenvalue weighted by Gasteiger charge is -2.22. The fourth-order valence-electron chi connectivity index (χ4n) is 2.61. The van der Waals surface area contributed by atoms with Crippen LogP contribution in [0.25, 0.3) is 0 Å². The van der Waals surface area contributed by atoms with E-state index in [9.17, 15) is 9.59 Å². The van der Waals surface area contributed by atoms with Gasteiger partial charge in [0.05, 0.1) is 0 Å². The van der Waals surface area contributed by atoms with Gasteiger partial charge in [-0.3, -0.25) is 14.8 Å². The van der Waals surface area contributed by atoms with Crippen molar-refractivity contribution in [1.29, 1.82) is 0 Å². The first kappa shape index (κ1) is 20.6. The number of hydroxylamine groups is 1. The van der Waals surface area contributed by atoms with Gasteiger partial charge in [-0.2, -0.15) is 0 Å². The van der Waals surface area contributed by atoms with Crippen LogP contribution in [-0.4, -0.2) is 30.0 Å². The van der Waals surface area contributed by atoms with E-state index in [1.165, 1.54) is 11.6 Å². The quantitative estimate of drug-likeness (QED) is 0.235. The largest absolute Gasteiger partial charge is 0.372 e. The molecule has 0 aromatic heterocycles. The van der Waals surface area contributed by atoms with Crippen LogP contribution in [0.3, 0.4) is 0 Å². The second kappa shape index (κ2) is 10.5. The normalized spacial score (nSPS) is 12.9. The lowest BCUT2D eigenvalue weighted by molar-refractivity contribution is -0.124. The van der Waals surface area contributed by atoms with Crippen molar-refractivity contribution in [3.8, 4) is 0 Å². The molecule has 5 nitrogen and oxygen atoms in total. The van der Waals surface area contributed by atoms with Crippen molar-refractivity contribution in [2.24, 2.45) is 5.92 Å². The van der Waals surface area contributed by atoms with E-state index in [1.807, 2.05) is 31.2 Å². The van der Waals surface area contributed by atoms with Gasteiger partial charge in [0.15, 0.2) is 5.78 Å². The molecule has 1 aromatic carbocycles. The molecule has 1 aromatic rings. The van der Waals surface area contributed by atoms with E-state index in [1.54, 1.807) is 19.1 Å². The molecule has 0 radical (unpaired) electrons. The molecule has 0 fully saturated rings. The summed E-state index contributed by atoms with van der Waals surface area (Å²) in [7, 11) is 0. The fraction of sp³-hybridized carbons (Fsp3) is 0.400. The summed E-state index contributed by atoms with van der Waals surface area (Å²) in [6, 6.07) is 7.71. The molecule has 0 aliphatic rings. The third-order valence-corrected chi connectivity index (χ3v) is 3.93. The Labute approximate surface area is 150 Å². The zero-order valence-electron chi connectivity index (χ0n) is 15.5. The van der Waals surface area contributed by atoms with E-state index >= 15 is 0 Å². The van der Waals surface area contributed by atoms with E-state index in [2.05, 4.69) is 18.7 Å². The minimum Gasteiger partial charge on any atom is -0.372 e. The molecule has 0 aliphatic heterocycles. The maximum absolute atomic E-state index is 12.5. The van der Waals surface area contributed by atoms with Gasteiger partial charge in [-0.25, -0.2) is 5.48 Å². The highest BCUT2D eigenvalue weighted by Gasteiger charge is 2.13. The summed E-state index contributed by atoms with van der Waals surface area (Å²) < 4.78 is 0. The van der Waals surface area contributed by atoms with E-state index in [-0.39, 0.29) is 11.7 Å². The number of anilines is 1. The Morgan fingerprint density at radius 2 is 1.84 bits per heavy atom. The Balaban J connectivity index is 2.82. The summed E-state index contributed by atoms with van der Waals surface area (Å²) >= 11 is 0. The maximum Gasteiger partial charge on any atom is 0.267 e. The molecule has 0 aliphatic carbocycles. The van der Waals surface area contributed by atoms with Crippen LogP contribution in [0.15, 0.2) is 48.1 Å². The molecule has 0 saturated carbocycles. The van der Waals surface area contributed by atoms with Gasteiger partial charge in [0, 0.05) is 36.3 Å². The number of nitrogens with one attached hydrogen (secondary N) is 1. The van der Waals surface area contributed by atoms with Gasteiger partial charge in [0.2, 0.25) is 0 Å². The third kappa shape index (κ3) is 6.55. The third-order valence-electron chi connectivity index (χ3n) is 3.93. The highest BCUT2D eigenvalue weighted by Crippen LogP contribution is 2.18. The van der Waals surface area contributed by atoms with E-state index in [0.717, 1.165) is 30.8 Å². The molecule has 0 bridgehead atoms. The fourth-order valence-corrected chi connectivity index (χ4v) is 2.61. The predicted molar refractivity (Wildman–Crippen MR) is 101 cm³/mol. The summed E-state index contributed by atoms with van der Waals surface area (Å²) in [4.78, 5) is 25.8. The van der Waals surface area contributed by atoms with Crippen molar-refractivity contribution in [3.63, 3.8) is 0 Å². The maximum atomic E-state index is 12.5. The molecule has 5 heteroatoms. The van der Waals surface area contributed by atoms with Crippen molar-refractivity contribution >= 4 is 17.4 Å². The molecule has 0 heterocycles. The molecule has 2 N–H and O–H groups in total. The highest BCUT2D eigenvalue weighted by molar-refractivity contribution is 5.99. The number of carbonyl (C=O) groups is 2. The first-order chi connectivity index (χ1) is 11.9. The Kier molecular flexibility index (Phi) is 8.64. The summed E-state index contributed by atoms with van der Waals surface area (Å²) in [6.45, 7) is 9.83. The number of hydrogen-bond donors (Lipinski definition) is 2.